The second-order valence-electron chi connectivity index (χ2n) is 7.21. The topological polar surface area (TPSA) is 68.3 Å². The van der Waals surface area contributed by atoms with E-state index in [1.165, 1.54) is 0 Å². The minimum Gasteiger partial charge on any atom is -0.452 e. The van der Waals surface area contributed by atoms with Crippen LogP contribution in [0.2, 0.25) is 0 Å². The third kappa shape index (κ3) is 4.03. The van der Waals surface area contributed by atoms with Gasteiger partial charge < -0.3 is 10.1 Å². The first-order chi connectivity index (χ1) is 13.6. The molecule has 1 aliphatic carbocycles. The van der Waals surface area contributed by atoms with Crippen LogP contribution in [0.15, 0.2) is 60.7 Å². The van der Waals surface area contributed by atoms with Gasteiger partial charge in [0.1, 0.15) is 0 Å². The number of carbonyl (C=O) groups is 2. The first-order valence-corrected chi connectivity index (χ1v) is 9.53. The van der Waals surface area contributed by atoms with Crippen molar-refractivity contribution < 1.29 is 14.3 Å². The smallest absolute Gasteiger partial charge is 0.339 e. The monoisotopic (exact) mass is 374 g/mol. The highest BCUT2D eigenvalue weighted by molar-refractivity contribution is 6.05. The first kappa shape index (κ1) is 18.2. The van der Waals surface area contributed by atoms with Crippen molar-refractivity contribution in [3.63, 3.8) is 0 Å². The number of esters is 1. The van der Waals surface area contributed by atoms with Crippen LogP contribution in [0.1, 0.15) is 30.1 Å². The van der Waals surface area contributed by atoms with Crippen molar-refractivity contribution in [3.05, 3.63) is 66.2 Å². The fourth-order valence-electron chi connectivity index (χ4n) is 3.32. The van der Waals surface area contributed by atoms with Crippen molar-refractivity contribution in [2.75, 3.05) is 6.61 Å². The Morgan fingerprint density at radius 3 is 2.57 bits per heavy atom. The number of benzene rings is 2. The van der Waals surface area contributed by atoms with E-state index >= 15 is 0 Å². The van der Waals surface area contributed by atoms with Crippen molar-refractivity contribution >= 4 is 22.8 Å². The van der Waals surface area contributed by atoms with Gasteiger partial charge in [0.25, 0.3) is 5.91 Å². The molecule has 5 nitrogen and oxygen atoms in total. The number of ether oxygens (including phenoxy) is 1. The molecule has 28 heavy (non-hydrogen) atoms. The Bertz CT molecular complexity index is 1010. The van der Waals surface area contributed by atoms with Crippen LogP contribution in [0.5, 0.6) is 0 Å². The zero-order chi connectivity index (χ0) is 19.5. The van der Waals surface area contributed by atoms with Crippen molar-refractivity contribution in [1.29, 1.82) is 0 Å². The highest BCUT2D eigenvalue weighted by Crippen LogP contribution is 2.32. The maximum absolute atomic E-state index is 12.7. The molecular weight excluding hydrogens is 352 g/mol. The lowest BCUT2D eigenvalue weighted by atomic mass is 10.0. The van der Waals surface area contributed by atoms with Crippen LogP contribution < -0.4 is 5.32 Å². The molecule has 5 heteroatoms. The molecule has 1 heterocycles. The molecule has 142 valence electrons. The summed E-state index contributed by atoms with van der Waals surface area (Å²) in [5.41, 5.74) is 2.73. The van der Waals surface area contributed by atoms with E-state index in [4.69, 9.17) is 4.74 Å². The summed E-state index contributed by atoms with van der Waals surface area (Å²) in [5, 5.41) is 3.60. The van der Waals surface area contributed by atoms with E-state index in [0.29, 0.717) is 28.1 Å². The molecule has 1 amide bonds. The van der Waals surface area contributed by atoms with E-state index < -0.39 is 5.97 Å². The zero-order valence-corrected chi connectivity index (χ0v) is 15.7. The summed E-state index contributed by atoms with van der Waals surface area (Å²) < 4.78 is 5.31. The molecule has 0 unspecified atom stereocenters. The second kappa shape index (κ2) is 7.80. The lowest BCUT2D eigenvalue weighted by molar-refractivity contribution is -0.124. The van der Waals surface area contributed by atoms with Gasteiger partial charge >= 0.3 is 5.97 Å². The second-order valence-corrected chi connectivity index (χ2v) is 7.21. The Hall–Kier alpha value is -3.21. The maximum Gasteiger partial charge on any atom is 0.339 e. The summed E-state index contributed by atoms with van der Waals surface area (Å²) in [5.74, 6) is -0.239. The van der Waals surface area contributed by atoms with Crippen LogP contribution in [0.3, 0.4) is 0 Å². The van der Waals surface area contributed by atoms with E-state index in [2.05, 4.69) is 10.3 Å². The Balaban J connectivity index is 1.56. The molecule has 2 aromatic carbocycles. The van der Waals surface area contributed by atoms with Crippen molar-refractivity contribution in [2.45, 2.75) is 25.8 Å². The van der Waals surface area contributed by atoms with Gasteiger partial charge in [-0.05, 0) is 37.8 Å². The number of nitrogens with one attached hydrogen (secondary N) is 1. The van der Waals surface area contributed by atoms with Gasteiger partial charge in [0.05, 0.1) is 16.8 Å². The number of carbonyl (C=O) groups excluding carboxylic acids is 2. The van der Waals surface area contributed by atoms with Crippen molar-refractivity contribution in [3.8, 4) is 11.3 Å². The van der Waals surface area contributed by atoms with Crippen LogP contribution in [-0.2, 0) is 9.53 Å². The van der Waals surface area contributed by atoms with E-state index in [0.717, 1.165) is 18.4 Å². The molecular formula is C23H22N2O3. The van der Waals surface area contributed by atoms with Crippen molar-refractivity contribution in [1.82, 2.24) is 10.3 Å². The fourth-order valence-corrected chi connectivity index (χ4v) is 3.32. The summed E-state index contributed by atoms with van der Waals surface area (Å²) in [6.07, 6.45) is 2.29. The molecule has 1 atom stereocenters. The molecule has 1 fully saturated rings. The minimum absolute atomic E-state index is 0.123. The highest BCUT2D eigenvalue weighted by Gasteiger charge is 2.29. The number of para-hydroxylation sites is 1. The third-order valence-corrected chi connectivity index (χ3v) is 5.06. The van der Waals surface area contributed by atoms with Crippen LogP contribution in [-0.4, -0.2) is 29.5 Å². The number of fused-ring (bicyclic) bond motifs is 1. The third-order valence-electron chi connectivity index (χ3n) is 5.06. The molecule has 1 saturated carbocycles. The number of hydrogen-bond acceptors (Lipinski definition) is 4. The van der Waals surface area contributed by atoms with Crippen LogP contribution in [0.4, 0.5) is 0 Å². The largest absolute Gasteiger partial charge is 0.452 e. The minimum atomic E-state index is -0.523. The van der Waals surface area contributed by atoms with E-state index in [1.54, 1.807) is 6.07 Å². The van der Waals surface area contributed by atoms with E-state index in [-0.39, 0.29) is 18.6 Å². The van der Waals surface area contributed by atoms with Gasteiger partial charge in [-0.2, -0.15) is 0 Å². The lowest BCUT2D eigenvalue weighted by Gasteiger charge is -2.13. The molecule has 0 spiro atoms. The van der Waals surface area contributed by atoms with Gasteiger partial charge in [0.2, 0.25) is 0 Å². The van der Waals surface area contributed by atoms with Crippen LogP contribution in [0, 0.1) is 5.92 Å². The predicted octanol–water partition coefficient (Wildman–Crippen LogP) is 3.97. The number of pyridine rings is 1. The molecule has 0 aliphatic heterocycles. The van der Waals surface area contributed by atoms with Gasteiger partial charge in [-0.25, -0.2) is 9.78 Å². The van der Waals surface area contributed by atoms with Crippen LogP contribution in [0.25, 0.3) is 22.2 Å². The number of amides is 1. The van der Waals surface area contributed by atoms with Gasteiger partial charge in [-0.3, -0.25) is 4.79 Å². The number of hydrogen-bond donors (Lipinski definition) is 1. The van der Waals surface area contributed by atoms with Gasteiger partial charge in [0, 0.05) is 17.0 Å². The van der Waals surface area contributed by atoms with Crippen LogP contribution >= 0.6 is 0 Å². The van der Waals surface area contributed by atoms with E-state index in [9.17, 15) is 9.59 Å². The summed E-state index contributed by atoms with van der Waals surface area (Å²) in [6.45, 7) is 1.70. The standard InChI is InChI=1S/C23H22N2O3/c1-15(16-11-12-16)24-22(26)14-28-23(27)19-13-21(17-7-3-2-4-8-17)25-20-10-6-5-9-18(19)20/h2-10,13,15-16H,11-12,14H2,1H3,(H,24,26)/t15-/m0/s1. The van der Waals surface area contributed by atoms with Gasteiger partial charge in [-0.1, -0.05) is 48.5 Å². The molecule has 0 bridgehead atoms. The number of nitrogens with zero attached hydrogens (tertiary/aromatic N) is 1. The summed E-state index contributed by atoms with van der Waals surface area (Å²) >= 11 is 0. The molecule has 4 rings (SSSR count). The SMILES string of the molecule is C[C@H](NC(=O)COC(=O)c1cc(-c2ccccc2)nc2ccccc12)C1CC1. The lowest BCUT2D eigenvalue weighted by Crippen LogP contribution is -2.37. The molecule has 1 aromatic heterocycles. The predicted molar refractivity (Wildman–Crippen MR) is 108 cm³/mol. The maximum atomic E-state index is 12.7. The Labute approximate surface area is 163 Å². The Morgan fingerprint density at radius 2 is 1.82 bits per heavy atom. The molecule has 0 radical (unpaired) electrons. The fraction of sp³-hybridized carbons (Fsp3) is 0.261. The number of rotatable bonds is 6. The highest BCUT2D eigenvalue weighted by atomic mass is 16.5. The Kier molecular flexibility index (Phi) is 5.06. The van der Waals surface area contributed by atoms with Crippen molar-refractivity contribution in [2.24, 2.45) is 5.92 Å². The zero-order valence-electron chi connectivity index (χ0n) is 15.7. The first-order valence-electron chi connectivity index (χ1n) is 9.53. The molecule has 1 aliphatic rings. The molecule has 1 N–H and O–H groups in total. The summed E-state index contributed by atoms with van der Waals surface area (Å²) in [7, 11) is 0. The average Bonchev–Trinajstić information content (AvgIpc) is 3.57. The normalized spacial score (nSPS) is 14.5. The quantitative estimate of drug-likeness (QED) is 0.663. The summed E-state index contributed by atoms with van der Waals surface area (Å²) in [6, 6.07) is 19.0. The Morgan fingerprint density at radius 1 is 1.11 bits per heavy atom. The molecule has 0 saturated heterocycles. The molecule has 3 aromatic rings. The number of aromatic nitrogens is 1. The van der Waals surface area contributed by atoms with Gasteiger partial charge in [-0.15, -0.1) is 0 Å². The average molecular weight is 374 g/mol. The summed E-state index contributed by atoms with van der Waals surface area (Å²) in [4.78, 5) is 29.5. The van der Waals surface area contributed by atoms with E-state index in [1.807, 2.05) is 61.5 Å². The van der Waals surface area contributed by atoms with Gasteiger partial charge in [0.15, 0.2) is 6.61 Å².